The van der Waals surface area contributed by atoms with E-state index in [9.17, 15) is 4.79 Å². The van der Waals surface area contributed by atoms with Crippen LogP contribution >= 0.6 is 0 Å². The molecule has 1 aromatic rings. The number of nitrogens with one attached hydrogen (secondary N) is 1. The van der Waals surface area contributed by atoms with Crippen molar-refractivity contribution >= 4 is 5.91 Å². The molecule has 110 valence electrons. The summed E-state index contributed by atoms with van der Waals surface area (Å²) >= 11 is 0. The second kappa shape index (κ2) is 6.40. The van der Waals surface area contributed by atoms with Gasteiger partial charge >= 0.3 is 0 Å². The highest BCUT2D eigenvalue weighted by Crippen LogP contribution is 2.25. The van der Waals surface area contributed by atoms with Crippen LogP contribution in [0.5, 0.6) is 0 Å². The molecule has 1 atom stereocenters. The molecule has 1 amide bonds. The summed E-state index contributed by atoms with van der Waals surface area (Å²) < 4.78 is 0. The zero-order valence-corrected chi connectivity index (χ0v) is 12.8. The van der Waals surface area contributed by atoms with Gasteiger partial charge in [-0.25, -0.2) is 0 Å². The van der Waals surface area contributed by atoms with Gasteiger partial charge in [0.05, 0.1) is 6.04 Å². The van der Waals surface area contributed by atoms with Crippen LogP contribution in [0.4, 0.5) is 0 Å². The summed E-state index contributed by atoms with van der Waals surface area (Å²) in [5.74, 6) is 0.327. The molecule has 0 aliphatic heterocycles. The van der Waals surface area contributed by atoms with E-state index in [1.807, 2.05) is 0 Å². The van der Waals surface area contributed by atoms with Crippen LogP contribution in [0.15, 0.2) is 18.2 Å². The normalized spacial score (nSPS) is 24.2. The minimum Gasteiger partial charge on any atom is -0.349 e. The molecule has 20 heavy (non-hydrogen) atoms. The first-order valence-corrected chi connectivity index (χ1v) is 7.60. The molecule has 0 radical (unpaired) electrons. The summed E-state index contributed by atoms with van der Waals surface area (Å²) in [7, 11) is 0. The largest absolute Gasteiger partial charge is 0.349 e. The highest BCUT2D eigenvalue weighted by Gasteiger charge is 2.25. The summed E-state index contributed by atoms with van der Waals surface area (Å²) in [4.78, 5) is 12.3. The summed E-state index contributed by atoms with van der Waals surface area (Å²) in [6.45, 7) is 6.24. The molecule has 3 nitrogen and oxygen atoms in total. The van der Waals surface area contributed by atoms with Crippen molar-refractivity contribution < 1.29 is 4.79 Å². The molecule has 2 rings (SSSR count). The number of carbonyl (C=O) groups is 1. The smallest absolute Gasteiger partial charge is 0.223 e. The first-order valence-electron chi connectivity index (χ1n) is 7.60. The van der Waals surface area contributed by atoms with Crippen LogP contribution in [0, 0.1) is 19.8 Å². The van der Waals surface area contributed by atoms with E-state index in [2.05, 4.69) is 44.3 Å². The summed E-state index contributed by atoms with van der Waals surface area (Å²) in [6.07, 6.45) is 3.78. The highest BCUT2D eigenvalue weighted by atomic mass is 16.1. The van der Waals surface area contributed by atoms with Gasteiger partial charge in [0.2, 0.25) is 5.91 Å². The van der Waals surface area contributed by atoms with Gasteiger partial charge in [-0.2, -0.15) is 0 Å². The molecule has 1 aliphatic rings. The fraction of sp³-hybridized carbons (Fsp3) is 0.588. The van der Waals surface area contributed by atoms with Gasteiger partial charge in [-0.05, 0) is 57.6 Å². The Morgan fingerprint density at radius 2 is 1.90 bits per heavy atom. The molecule has 1 fully saturated rings. The second-order valence-corrected chi connectivity index (χ2v) is 6.20. The molecule has 1 unspecified atom stereocenters. The zero-order valence-electron chi connectivity index (χ0n) is 12.8. The fourth-order valence-electron chi connectivity index (χ4n) is 3.02. The minimum absolute atomic E-state index is 0.0676. The van der Waals surface area contributed by atoms with E-state index < -0.39 is 0 Å². The molecule has 0 saturated heterocycles. The maximum atomic E-state index is 12.3. The lowest BCUT2D eigenvalue weighted by atomic mass is 9.85. The van der Waals surface area contributed by atoms with Crippen LogP contribution in [0.2, 0.25) is 0 Å². The molecule has 3 N–H and O–H groups in total. The van der Waals surface area contributed by atoms with Crippen molar-refractivity contribution in [2.45, 2.75) is 58.5 Å². The van der Waals surface area contributed by atoms with E-state index in [1.165, 1.54) is 16.7 Å². The summed E-state index contributed by atoms with van der Waals surface area (Å²) in [5, 5.41) is 3.17. The number of carbonyl (C=O) groups excluding carboxylic acids is 1. The van der Waals surface area contributed by atoms with Crippen LogP contribution in [0.3, 0.4) is 0 Å². The average Bonchev–Trinajstić information content (AvgIpc) is 2.42. The van der Waals surface area contributed by atoms with Gasteiger partial charge in [0.15, 0.2) is 0 Å². The SMILES string of the molecule is Cc1ccc(C)c(C(C)NC(=O)C2CCC(N)CC2)c1. The van der Waals surface area contributed by atoms with Gasteiger partial charge in [0.25, 0.3) is 0 Å². The number of hydrogen-bond donors (Lipinski definition) is 2. The molecule has 0 heterocycles. The van der Waals surface area contributed by atoms with Gasteiger partial charge in [-0.1, -0.05) is 23.8 Å². The van der Waals surface area contributed by atoms with Crippen molar-refractivity contribution in [2.75, 3.05) is 0 Å². The Bertz CT molecular complexity index is 476. The first kappa shape index (κ1) is 15.0. The Hall–Kier alpha value is -1.35. The average molecular weight is 274 g/mol. The third-order valence-corrected chi connectivity index (χ3v) is 4.40. The van der Waals surface area contributed by atoms with Gasteiger partial charge < -0.3 is 11.1 Å². The lowest BCUT2D eigenvalue weighted by Crippen LogP contribution is -2.37. The Morgan fingerprint density at radius 1 is 1.25 bits per heavy atom. The van der Waals surface area contributed by atoms with Gasteiger partial charge in [0.1, 0.15) is 0 Å². The van der Waals surface area contributed by atoms with E-state index in [4.69, 9.17) is 5.73 Å². The van der Waals surface area contributed by atoms with Crippen molar-refractivity contribution in [3.05, 3.63) is 34.9 Å². The van der Waals surface area contributed by atoms with Crippen molar-refractivity contribution in [1.82, 2.24) is 5.32 Å². The Morgan fingerprint density at radius 3 is 2.55 bits per heavy atom. The molecule has 1 saturated carbocycles. The summed E-state index contributed by atoms with van der Waals surface area (Å²) in [5.41, 5.74) is 9.57. The number of nitrogens with two attached hydrogens (primary N) is 1. The number of amides is 1. The van der Waals surface area contributed by atoms with Crippen molar-refractivity contribution in [2.24, 2.45) is 11.7 Å². The standard InChI is InChI=1S/C17H26N2O/c1-11-4-5-12(2)16(10-11)13(3)19-17(20)14-6-8-15(18)9-7-14/h4-5,10,13-15H,6-9,18H2,1-3H3,(H,19,20). The van der Waals surface area contributed by atoms with E-state index >= 15 is 0 Å². The predicted octanol–water partition coefficient (Wildman–Crippen LogP) is 3.00. The zero-order chi connectivity index (χ0) is 14.7. The Labute approximate surface area is 121 Å². The van der Waals surface area contributed by atoms with Crippen molar-refractivity contribution in [3.8, 4) is 0 Å². The Balaban J connectivity index is 1.98. The number of rotatable bonds is 3. The lowest BCUT2D eigenvalue weighted by molar-refractivity contribution is -0.126. The lowest BCUT2D eigenvalue weighted by Gasteiger charge is -2.27. The Kier molecular flexibility index (Phi) is 4.81. The summed E-state index contributed by atoms with van der Waals surface area (Å²) in [6, 6.07) is 6.74. The van der Waals surface area contributed by atoms with Crippen molar-refractivity contribution in [1.29, 1.82) is 0 Å². The predicted molar refractivity (Wildman–Crippen MR) is 82.4 cm³/mol. The van der Waals surface area contributed by atoms with Crippen LogP contribution in [-0.2, 0) is 4.79 Å². The molecule has 0 bridgehead atoms. The number of hydrogen-bond acceptors (Lipinski definition) is 2. The van der Waals surface area contributed by atoms with Crippen LogP contribution < -0.4 is 11.1 Å². The molecule has 0 spiro atoms. The van der Waals surface area contributed by atoms with E-state index in [-0.39, 0.29) is 23.9 Å². The third-order valence-electron chi connectivity index (χ3n) is 4.40. The quantitative estimate of drug-likeness (QED) is 0.890. The van der Waals surface area contributed by atoms with Crippen molar-refractivity contribution in [3.63, 3.8) is 0 Å². The first-order chi connectivity index (χ1) is 9.47. The van der Waals surface area contributed by atoms with Crippen LogP contribution in [0.1, 0.15) is 55.3 Å². The molecular formula is C17H26N2O. The maximum absolute atomic E-state index is 12.3. The number of aryl methyl sites for hydroxylation is 2. The second-order valence-electron chi connectivity index (χ2n) is 6.20. The van der Waals surface area contributed by atoms with E-state index in [1.54, 1.807) is 0 Å². The molecule has 0 aromatic heterocycles. The molecular weight excluding hydrogens is 248 g/mol. The third kappa shape index (κ3) is 3.60. The highest BCUT2D eigenvalue weighted by molar-refractivity contribution is 5.79. The molecule has 1 aromatic carbocycles. The van der Waals surface area contributed by atoms with E-state index in [0.29, 0.717) is 0 Å². The van der Waals surface area contributed by atoms with Gasteiger partial charge in [0, 0.05) is 12.0 Å². The topological polar surface area (TPSA) is 55.1 Å². The van der Waals surface area contributed by atoms with E-state index in [0.717, 1.165) is 25.7 Å². The molecule has 1 aliphatic carbocycles. The van der Waals surface area contributed by atoms with Crippen LogP contribution in [-0.4, -0.2) is 11.9 Å². The maximum Gasteiger partial charge on any atom is 0.223 e. The molecule has 3 heteroatoms. The monoisotopic (exact) mass is 274 g/mol. The number of benzene rings is 1. The van der Waals surface area contributed by atoms with Crippen LogP contribution in [0.25, 0.3) is 0 Å². The van der Waals surface area contributed by atoms with Gasteiger partial charge in [-0.3, -0.25) is 4.79 Å². The fourth-order valence-corrected chi connectivity index (χ4v) is 3.02. The minimum atomic E-state index is 0.0676. The van der Waals surface area contributed by atoms with Gasteiger partial charge in [-0.15, -0.1) is 0 Å².